The summed E-state index contributed by atoms with van der Waals surface area (Å²) in [6.07, 6.45) is 5.06. The summed E-state index contributed by atoms with van der Waals surface area (Å²) in [6, 6.07) is 2.23. The van der Waals surface area contributed by atoms with Gasteiger partial charge in [-0.2, -0.15) is 4.31 Å². The highest BCUT2D eigenvalue weighted by molar-refractivity contribution is 9.10. The predicted molar refractivity (Wildman–Crippen MR) is 74.8 cm³/mol. The molecule has 0 aliphatic carbocycles. The number of benzene rings is 1. The first-order valence-corrected chi connectivity index (χ1v) is 7.45. The summed E-state index contributed by atoms with van der Waals surface area (Å²) in [4.78, 5) is 10.8. The maximum absolute atomic E-state index is 12.1. The Hall–Kier alpha value is -1.07. The standard InChI is InChI=1S/C11H9BrClNO4S/c1-3-4-14(2)19(17,18)7-5-8(11(15)16)10(13)9(12)6-7/h1,5-6H,4H2,2H3,(H,15,16). The molecular weight excluding hydrogens is 358 g/mol. The molecule has 8 heteroatoms. The average Bonchev–Trinajstić information content (AvgIpc) is 2.32. The fraction of sp³-hybridized carbons (Fsp3) is 0.182. The fourth-order valence-electron chi connectivity index (χ4n) is 1.26. The van der Waals surface area contributed by atoms with Crippen LogP contribution in [0.3, 0.4) is 0 Å². The molecule has 1 aromatic rings. The van der Waals surface area contributed by atoms with Crippen molar-refractivity contribution in [3.8, 4) is 12.3 Å². The van der Waals surface area contributed by atoms with Gasteiger partial charge in [0.2, 0.25) is 10.0 Å². The van der Waals surface area contributed by atoms with E-state index in [-0.39, 0.29) is 26.5 Å². The van der Waals surface area contributed by atoms with Gasteiger partial charge in [-0.25, -0.2) is 13.2 Å². The lowest BCUT2D eigenvalue weighted by Crippen LogP contribution is -2.27. The molecule has 0 saturated heterocycles. The SMILES string of the molecule is C#CCN(C)S(=O)(=O)c1cc(Br)c(Cl)c(C(=O)O)c1. The highest BCUT2D eigenvalue weighted by Gasteiger charge is 2.24. The van der Waals surface area contributed by atoms with E-state index in [2.05, 4.69) is 21.9 Å². The lowest BCUT2D eigenvalue weighted by molar-refractivity contribution is 0.0696. The van der Waals surface area contributed by atoms with Gasteiger partial charge < -0.3 is 5.11 Å². The monoisotopic (exact) mass is 365 g/mol. The zero-order chi connectivity index (χ0) is 14.8. The van der Waals surface area contributed by atoms with Crippen LogP contribution in [0.1, 0.15) is 10.4 Å². The van der Waals surface area contributed by atoms with Crippen LogP contribution in [0, 0.1) is 12.3 Å². The number of carbonyl (C=O) groups is 1. The molecule has 0 saturated carbocycles. The molecule has 19 heavy (non-hydrogen) atoms. The Morgan fingerprint density at radius 1 is 1.58 bits per heavy atom. The number of carboxylic acid groups (broad SMARTS) is 1. The number of hydrogen-bond donors (Lipinski definition) is 1. The summed E-state index contributed by atoms with van der Waals surface area (Å²) in [5.41, 5.74) is -0.302. The van der Waals surface area contributed by atoms with Gasteiger partial charge in [0, 0.05) is 11.5 Å². The lowest BCUT2D eigenvalue weighted by atomic mass is 10.2. The molecule has 0 amide bonds. The van der Waals surface area contributed by atoms with E-state index < -0.39 is 16.0 Å². The third-order valence-electron chi connectivity index (χ3n) is 2.25. The normalized spacial score (nSPS) is 11.3. The lowest BCUT2D eigenvalue weighted by Gasteiger charge is -2.15. The van der Waals surface area contributed by atoms with Crippen LogP contribution in [0.2, 0.25) is 5.02 Å². The van der Waals surface area contributed by atoms with Crippen LogP contribution in [0.5, 0.6) is 0 Å². The van der Waals surface area contributed by atoms with Gasteiger partial charge in [0.1, 0.15) is 0 Å². The topological polar surface area (TPSA) is 74.7 Å². The van der Waals surface area contributed by atoms with E-state index in [0.717, 1.165) is 10.4 Å². The minimum Gasteiger partial charge on any atom is -0.478 e. The molecule has 0 radical (unpaired) electrons. The fourth-order valence-corrected chi connectivity index (χ4v) is 3.20. The molecule has 0 spiro atoms. The van der Waals surface area contributed by atoms with Crippen LogP contribution >= 0.6 is 27.5 Å². The zero-order valence-corrected chi connectivity index (χ0v) is 12.9. The van der Waals surface area contributed by atoms with Crippen molar-refractivity contribution >= 4 is 43.5 Å². The van der Waals surface area contributed by atoms with Crippen molar-refractivity contribution in [3.63, 3.8) is 0 Å². The molecule has 0 aliphatic heterocycles. The molecule has 1 aromatic carbocycles. The van der Waals surface area contributed by atoms with Crippen molar-refractivity contribution in [1.29, 1.82) is 0 Å². The maximum Gasteiger partial charge on any atom is 0.337 e. The number of terminal acetylenes is 1. The van der Waals surface area contributed by atoms with Crippen molar-refractivity contribution in [3.05, 3.63) is 27.2 Å². The van der Waals surface area contributed by atoms with Gasteiger partial charge in [0.25, 0.3) is 0 Å². The van der Waals surface area contributed by atoms with Gasteiger partial charge in [0.05, 0.1) is 22.0 Å². The van der Waals surface area contributed by atoms with E-state index in [9.17, 15) is 13.2 Å². The summed E-state index contributed by atoms with van der Waals surface area (Å²) in [5, 5.41) is 8.91. The third kappa shape index (κ3) is 3.28. The van der Waals surface area contributed by atoms with Gasteiger partial charge in [0.15, 0.2) is 0 Å². The Bertz CT molecular complexity index is 666. The van der Waals surface area contributed by atoms with Gasteiger partial charge >= 0.3 is 5.97 Å². The summed E-state index contributed by atoms with van der Waals surface area (Å²) >= 11 is 8.81. The summed E-state index contributed by atoms with van der Waals surface area (Å²) < 4.78 is 25.4. The van der Waals surface area contributed by atoms with Gasteiger partial charge in [-0.3, -0.25) is 0 Å². The smallest absolute Gasteiger partial charge is 0.337 e. The van der Waals surface area contributed by atoms with Crippen LogP contribution < -0.4 is 0 Å². The zero-order valence-electron chi connectivity index (χ0n) is 9.72. The molecule has 0 unspecified atom stereocenters. The molecule has 1 N–H and O–H groups in total. The second-order valence-corrected chi connectivity index (χ2v) is 6.81. The molecule has 0 fully saturated rings. The van der Waals surface area contributed by atoms with Gasteiger partial charge in [-0.1, -0.05) is 17.5 Å². The molecule has 5 nitrogen and oxygen atoms in total. The Balaban J connectivity index is 3.46. The quantitative estimate of drug-likeness (QED) is 0.828. The van der Waals surface area contributed by atoms with Gasteiger partial charge in [-0.05, 0) is 28.1 Å². The highest BCUT2D eigenvalue weighted by Crippen LogP contribution is 2.30. The van der Waals surface area contributed by atoms with E-state index in [0.29, 0.717) is 0 Å². The minimum atomic E-state index is -3.86. The van der Waals surface area contributed by atoms with E-state index in [4.69, 9.17) is 23.1 Å². The second-order valence-electron chi connectivity index (χ2n) is 3.54. The third-order valence-corrected chi connectivity index (χ3v) is 5.30. The number of hydrogen-bond acceptors (Lipinski definition) is 3. The molecule has 0 bridgehead atoms. The highest BCUT2D eigenvalue weighted by atomic mass is 79.9. The van der Waals surface area contributed by atoms with Crippen LogP contribution in [0.4, 0.5) is 0 Å². The largest absolute Gasteiger partial charge is 0.478 e. The Morgan fingerprint density at radius 3 is 2.63 bits per heavy atom. The molecular formula is C11H9BrClNO4S. The number of nitrogens with zero attached hydrogens (tertiary/aromatic N) is 1. The molecule has 0 aromatic heterocycles. The predicted octanol–water partition coefficient (Wildman–Crippen LogP) is 2.05. The van der Waals surface area contributed by atoms with Gasteiger partial charge in [-0.15, -0.1) is 6.42 Å². The van der Waals surface area contributed by atoms with Crippen molar-refractivity contribution in [2.24, 2.45) is 0 Å². The van der Waals surface area contributed by atoms with E-state index in [1.165, 1.54) is 13.1 Å². The summed E-state index contributed by atoms with van der Waals surface area (Å²) in [7, 11) is -2.55. The number of halogens is 2. The summed E-state index contributed by atoms with van der Waals surface area (Å²) in [6.45, 7) is -0.120. The van der Waals surface area contributed by atoms with E-state index in [1.54, 1.807) is 0 Å². The number of carboxylic acids is 1. The molecule has 0 atom stereocenters. The van der Waals surface area contributed by atoms with Crippen LogP contribution in [-0.4, -0.2) is 37.4 Å². The molecule has 0 aliphatic rings. The molecule has 1 rings (SSSR count). The second kappa shape index (κ2) is 5.92. The van der Waals surface area contributed by atoms with Crippen molar-refractivity contribution in [1.82, 2.24) is 4.31 Å². The number of rotatable bonds is 4. The first-order chi connectivity index (χ1) is 8.71. The first-order valence-electron chi connectivity index (χ1n) is 4.84. The van der Waals surface area contributed by atoms with Crippen molar-refractivity contribution < 1.29 is 18.3 Å². The number of sulfonamides is 1. The first kappa shape index (κ1) is 16.0. The van der Waals surface area contributed by atoms with Crippen LogP contribution in [0.15, 0.2) is 21.5 Å². The van der Waals surface area contributed by atoms with Crippen molar-refractivity contribution in [2.75, 3.05) is 13.6 Å². The molecule has 102 valence electrons. The Kier molecular flexibility index (Phi) is 4.98. The number of aromatic carboxylic acids is 1. The Morgan fingerprint density at radius 2 is 2.16 bits per heavy atom. The molecule has 0 heterocycles. The maximum atomic E-state index is 12.1. The van der Waals surface area contributed by atoms with Crippen LogP contribution in [-0.2, 0) is 10.0 Å². The average molecular weight is 367 g/mol. The van der Waals surface area contributed by atoms with Crippen molar-refractivity contribution in [2.45, 2.75) is 4.90 Å². The van der Waals surface area contributed by atoms with E-state index >= 15 is 0 Å². The minimum absolute atomic E-state index is 0.0638. The van der Waals surface area contributed by atoms with E-state index in [1.807, 2.05) is 0 Å². The Labute approximate surface area is 124 Å². The summed E-state index contributed by atoms with van der Waals surface area (Å²) in [5.74, 6) is 0.882. The van der Waals surface area contributed by atoms with Crippen LogP contribution in [0.25, 0.3) is 0 Å².